The van der Waals surface area contributed by atoms with Gasteiger partial charge in [-0.3, -0.25) is 9.59 Å². The molecule has 0 aliphatic carbocycles. The molecule has 56 heavy (non-hydrogen) atoms. The van der Waals surface area contributed by atoms with Crippen LogP contribution in [-0.4, -0.2) is 47.4 Å². The molecule has 0 spiro atoms. The first kappa shape index (κ1) is 54.3. The molecule has 0 aliphatic heterocycles. The Morgan fingerprint density at radius 3 is 1.27 bits per heavy atom. The lowest BCUT2D eigenvalue weighted by Gasteiger charge is -2.20. The van der Waals surface area contributed by atoms with Gasteiger partial charge in [0.05, 0.1) is 25.4 Å². The van der Waals surface area contributed by atoms with E-state index < -0.39 is 12.1 Å². The summed E-state index contributed by atoms with van der Waals surface area (Å²) in [5.41, 5.74) is 0. The average molecular weight is 790 g/mol. The molecule has 6 heteroatoms. The van der Waals surface area contributed by atoms with E-state index in [0.29, 0.717) is 19.4 Å². The predicted octanol–water partition coefficient (Wildman–Crippen LogP) is 14.3. The molecule has 0 saturated heterocycles. The maximum atomic E-state index is 12.4. The van der Waals surface area contributed by atoms with Gasteiger partial charge in [-0.05, 0) is 57.8 Å². The molecule has 0 aliphatic rings. The normalized spacial score (nSPS) is 12.9. The summed E-state index contributed by atoms with van der Waals surface area (Å²) in [7, 11) is 0. The van der Waals surface area contributed by atoms with Crippen LogP contribution in [0.3, 0.4) is 0 Å². The number of unbranched alkanes of at least 4 members (excludes halogenated alkanes) is 32. The minimum absolute atomic E-state index is 0.0292. The van der Waals surface area contributed by atoms with Crippen LogP contribution in [-0.2, 0) is 14.3 Å². The molecule has 2 atom stereocenters. The lowest BCUT2D eigenvalue weighted by Crippen LogP contribution is -2.45. The smallest absolute Gasteiger partial charge is 0.305 e. The van der Waals surface area contributed by atoms with Crippen LogP contribution in [0.2, 0.25) is 0 Å². The zero-order valence-corrected chi connectivity index (χ0v) is 37.4. The first-order valence-electron chi connectivity index (χ1n) is 24.6. The summed E-state index contributed by atoms with van der Waals surface area (Å²) >= 11 is 0. The third-order valence-electron chi connectivity index (χ3n) is 11.2. The molecule has 0 saturated carbocycles. The van der Waals surface area contributed by atoms with E-state index in [1.807, 2.05) is 6.08 Å². The molecule has 0 aromatic heterocycles. The van der Waals surface area contributed by atoms with Crippen LogP contribution >= 0.6 is 0 Å². The van der Waals surface area contributed by atoms with E-state index >= 15 is 0 Å². The van der Waals surface area contributed by atoms with Gasteiger partial charge in [0.15, 0.2) is 0 Å². The van der Waals surface area contributed by atoms with Crippen molar-refractivity contribution < 1.29 is 24.5 Å². The third-order valence-corrected chi connectivity index (χ3v) is 11.2. The molecule has 0 rings (SSSR count). The highest BCUT2D eigenvalue weighted by Gasteiger charge is 2.18. The van der Waals surface area contributed by atoms with Crippen molar-refractivity contribution >= 4 is 11.9 Å². The van der Waals surface area contributed by atoms with Crippen molar-refractivity contribution in [2.45, 2.75) is 270 Å². The van der Waals surface area contributed by atoms with Crippen molar-refractivity contribution in [3.8, 4) is 0 Å². The van der Waals surface area contributed by atoms with E-state index in [0.717, 1.165) is 57.8 Å². The van der Waals surface area contributed by atoms with Crippen molar-refractivity contribution in [2.24, 2.45) is 0 Å². The van der Waals surface area contributed by atoms with Gasteiger partial charge in [-0.15, -0.1) is 0 Å². The molecule has 2 unspecified atom stereocenters. The second-order valence-electron chi connectivity index (χ2n) is 16.8. The van der Waals surface area contributed by atoms with Gasteiger partial charge < -0.3 is 20.3 Å². The van der Waals surface area contributed by atoms with Crippen LogP contribution in [0.1, 0.15) is 258 Å². The van der Waals surface area contributed by atoms with E-state index in [9.17, 15) is 19.8 Å². The number of hydrogen-bond acceptors (Lipinski definition) is 5. The van der Waals surface area contributed by atoms with Crippen molar-refractivity contribution in [1.29, 1.82) is 0 Å². The lowest BCUT2D eigenvalue weighted by atomic mass is 10.0. The highest BCUT2D eigenvalue weighted by atomic mass is 16.5. The zero-order chi connectivity index (χ0) is 40.8. The standard InChI is InChI=1S/C50H95NO5/c1-3-5-7-9-11-13-15-17-19-21-23-28-32-36-40-44-50(55)56-45-41-37-33-29-25-24-27-31-35-39-43-49(54)51-47(46-52)48(53)42-38-34-30-26-22-20-18-16-14-12-10-8-6-4-2/h17,19,38,42,47-48,52-53H,3-16,18,20-37,39-41,43-46H2,1-2H3,(H,51,54)/b19-17-,42-38+. The topological polar surface area (TPSA) is 95.9 Å². The number of carbonyl (C=O) groups is 2. The molecule has 330 valence electrons. The quantitative estimate of drug-likeness (QED) is 0.0324. The molecule has 0 fully saturated rings. The lowest BCUT2D eigenvalue weighted by molar-refractivity contribution is -0.143. The van der Waals surface area contributed by atoms with Gasteiger partial charge >= 0.3 is 5.97 Å². The first-order chi connectivity index (χ1) is 27.5. The number of esters is 1. The summed E-state index contributed by atoms with van der Waals surface area (Å²) in [5, 5.41) is 23.0. The second kappa shape index (κ2) is 46.0. The third kappa shape index (κ3) is 42.0. The fourth-order valence-corrected chi connectivity index (χ4v) is 7.39. The predicted molar refractivity (Wildman–Crippen MR) is 241 cm³/mol. The fraction of sp³-hybridized carbons (Fsp3) is 0.880. The first-order valence-corrected chi connectivity index (χ1v) is 24.6. The minimum atomic E-state index is -0.858. The number of rotatable bonds is 45. The molecular formula is C50H95NO5. The van der Waals surface area contributed by atoms with Gasteiger partial charge in [0.2, 0.25) is 5.91 Å². The Bertz CT molecular complexity index is 874. The molecule has 1 amide bonds. The molecule has 0 radical (unpaired) electrons. The van der Waals surface area contributed by atoms with E-state index in [2.05, 4.69) is 31.3 Å². The zero-order valence-electron chi connectivity index (χ0n) is 37.4. The van der Waals surface area contributed by atoms with Crippen LogP contribution in [0.25, 0.3) is 0 Å². The average Bonchev–Trinajstić information content (AvgIpc) is 3.20. The van der Waals surface area contributed by atoms with Crippen LogP contribution in [0.4, 0.5) is 0 Å². The number of aliphatic hydroxyl groups is 2. The van der Waals surface area contributed by atoms with Gasteiger partial charge in [-0.25, -0.2) is 0 Å². The molecule has 0 aromatic carbocycles. The van der Waals surface area contributed by atoms with Crippen LogP contribution in [0.15, 0.2) is 24.3 Å². The summed E-state index contributed by atoms with van der Waals surface area (Å²) in [5.74, 6) is -0.121. The molecule has 3 N–H and O–H groups in total. The Labute approximate surface area is 348 Å². The van der Waals surface area contributed by atoms with E-state index in [1.165, 1.54) is 173 Å². The Balaban J connectivity index is 3.52. The molecule has 0 aromatic rings. The van der Waals surface area contributed by atoms with Crippen LogP contribution in [0.5, 0.6) is 0 Å². The summed E-state index contributed by atoms with van der Waals surface area (Å²) < 4.78 is 5.44. The van der Waals surface area contributed by atoms with E-state index in [4.69, 9.17) is 4.74 Å². The summed E-state index contributed by atoms with van der Waals surface area (Å²) in [6.45, 7) is 4.83. The molecule has 6 nitrogen and oxygen atoms in total. The Morgan fingerprint density at radius 2 is 0.839 bits per heavy atom. The highest BCUT2D eigenvalue weighted by Crippen LogP contribution is 2.15. The fourth-order valence-electron chi connectivity index (χ4n) is 7.39. The summed E-state index contributed by atoms with van der Waals surface area (Å²) in [4.78, 5) is 24.4. The highest BCUT2D eigenvalue weighted by molar-refractivity contribution is 5.76. The number of allylic oxidation sites excluding steroid dienone is 3. The van der Waals surface area contributed by atoms with Crippen LogP contribution < -0.4 is 5.32 Å². The molecular weight excluding hydrogens is 695 g/mol. The maximum absolute atomic E-state index is 12.4. The minimum Gasteiger partial charge on any atom is -0.466 e. The van der Waals surface area contributed by atoms with Crippen molar-refractivity contribution in [3.05, 3.63) is 24.3 Å². The van der Waals surface area contributed by atoms with Gasteiger partial charge in [0, 0.05) is 12.8 Å². The van der Waals surface area contributed by atoms with E-state index in [-0.39, 0.29) is 18.5 Å². The second-order valence-corrected chi connectivity index (χ2v) is 16.8. The number of carbonyl (C=O) groups excluding carboxylic acids is 2. The number of amides is 1. The number of ether oxygens (including phenoxy) is 1. The van der Waals surface area contributed by atoms with Gasteiger partial charge in [0.1, 0.15) is 0 Å². The SMILES string of the molecule is CCCCCCCC/C=C\CCCCCCCC(=O)OCCCCCCCCCCCCC(=O)NC(CO)C(O)/C=C/CCCCCCCCCCCCCC. The van der Waals surface area contributed by atoms with Crippen molar-refractivity contribution in [1.82, 2.24) is 5.32 Å². The summed E-state index contributed by atoms with van der Waals surface area (Å²) in [6.07, 6.45) is 53.1. The van der Waals surface area contributed by atoms with Gasteiger partial charge in [-0.2, -0.15) is 0 Å². The monoisotopic (exact) mass is 790 g/mol. The van der Waals surface area contributed by atoms with E-state index in [1.54, 1.807) is 6.08 Å². The maximum Gasteiger partial charge on any atom is 0.305 e. The number of nitrogens with one attached hydrogen (secondary N) is 1. The van der Waals surface area contributed by atoms with Gasteiger partial charge in [-0.1, -0.05) is 212 Å². The molecule has 0 bridgehead atoms. The van der Waals surface area contributed by atoms with Gasteiger partial charge in [0.25, 0.3) is 0 Å². The van der Waals surface area contributed by atoms with Crippen LogP contribution in [0, 0.1) is 0 Å². The largest absolute Gasteiger partial charge is 0.466 e. The number of hydrogen-bond donors (Lipinski definition) is 3. The Morgan fingerprint density at radius 1 is 0.482 bits per heavy atom. The molecule has 0 heterocycles. The number of aliphatic hydroxyl groups excluding tert-OH is 2. The Hall–Kier alpha value is -1.66. The van der Waals surface area contributed by atoms with Crippen molar-refractivity contribution in [2.75, 3.05) is 13.2 Å². The summed E-state index contributed by atoms with van der Waals surface area (Å²) in [6, 6.07) is -0.644. The van der Waals surface area contributed by atoms with Crippen molar-refractivity contribution in [3.63, 3.8) is 0 Å². The Kier molecular flexibility index (Phi) is 44.7.